The number of methoxy groups -OCH3 is 1. The molecule has 0 saturated carbocycles. The molecule has 19 heavy (non-hydrogen) atoms. The van der Waals surface area contributed by atoms with E-state index < -0.39 is 0 Å². The first-order valence-electron chi connectivity index (χ1n) is 5.74. The van der Waals surface area contributed by atoms with Gasteiger partial charge in [-0.2, -0.15) is 5.21 Å². The SMILES string of the molecule is COc1ccc(Cn2ccnc2-c2nn[nH]n2)cc1. The molecule has 3 rings (SSSR count). The molecule has 1 N–H and O–H groups in total. The van der Waals surface area contributed by atoms with E-state index in [4.69, 9.17) is 4.74 Å². The summed E-state index contributed by atoms with van der Waals surface area (Å²) in [4.78, 5) is 4.24. The van der Waals surface area contributed by atoms with Crippen LogP contribution in [0.25, 0.3) is 11.6 Å². The van der Waals surface area contributed by atoms with Crippen LogP contribution in [0.2, 0.25) is 0 Å². The first-order valence-corrected chi connectivity index (χ1v) is 5.74. The zero-order chi connectivity index (χ0) is 13.1. The lowest BCUT2D eigenvalue weighted by atomic mass is 10.2. The molecule has 0 radical (unpaired) electrons. The van der Waals surface area contributed by atoms with Crippen molar-refractivity contribution in [2.24, 2.45) is 0 Å². The van der Waals surface area contributed by atoms with Gasteiger partial charge < -0.3 is 9.30 Å². The molecular weight excluding hydrogens is 244 g/mol. The topological polar surface area (TPSA) is 81.5 Å². The van der Waals surface area contributed by atoms with Crippen molar-refractivity contribution in [2.45, 2.75) is 6.54 Å². The number of rotatable bonds is 4. The van der Waals surface area contributed by atoms with Crippen molar-refractivity contribution < 1.29 is 4.74 Å². The predicted molar refractivity (Wildman–Crippen MR) is 67.5 cm³/mol. The van der Waals surface area contributed by atoms with Gasteiger partial charge in [0.1, 0.15) is 5.75 Å². The van der Waals surface area contributed by atoms with Gasteiger partial charge in [0.25, 0.3) is 0 Å². The van der Waals surface area contributed by atoms with Gasteiger partial charge in [0.2, 0.25) is 5.82 Å². The number of imidazole rings is 1. The summed E-state index contributed by atoms with van der Waals surface area (Å²) in [5.41, 5.74) is 1.14. The molecule has 0 unspecified atom stereocenters. The maximum Gasteiger partial charge on any atom is 0.240 e. The molecule has 2 heterocycles. The molecule has 0 aliphatic rings. The number of benzene rings is 1. The van der Waals surface area contributed by atoms with E-state index >= 15 is 0 Å². The number of aromatic amines is 1. The van der Waals surface area contributed by atoms with Gasteiger partial charge in [0.05, 0.1) is 7.11 Å². The van der Waals surface area contributed by atoms with Crippen LogP contribution >= 0.6 is 0 Å². The van der Waals surface area contributed by atoms with E-state index in [1.807, 2.05) is 35.0 Å². The number of nitrogens with zero attached hydrogens (tertiary/aromatic N) is 5. The average molecular weight is 256 g/mol. The van der Waals surface area contributed by atoms with Gasteiger partial charge in [-0.15, -0.1) is 10.2 Å². The van der Waals surface area contributed by atoms with Crippen LogP contribution < -0.4 is 4.74 Å². The van der Waals surface area contributed by atoms with Crippen LogP contribution in [0.3, 0.4) is 0 Å². The largest absolute Gasteiger partial charge is 0.497 e. The fourth-order valence-electron chi connectivity index (χ4n) is 1.83. The van der Waals surface area contributed by atoms with Crippen LogP contribution in [0, 0.1) is 0 Å². The van der Waals surface area contributed by atoms with E-state index in [2.05, 4.69) is 25.6 Å². The first kappa shape index (κ1) is 11.4. The van der Waals surface area contributed by atoms with Crippen molar-refractivity contribution in [3.63, 3.8) is 0 Å². The zero-order valence-corrected chi connectivity index (χ0v) is 10.3. The summed E-state index contributed by atoms with van der Waals surface area (Å²) in [5, 5.41) is 13.8. The highest BCUT2D eigenvalue weighted by atomic mass is 16.5. The van der Waals surface area contributed by atoms with E-state index in [1.54, 1.807) is 13.3 Å². The summed E-state index contributed by atoms with van der Waals surface area (Å²) in [6, 6.07) is 7.89. The quantitative estimate of drug-likeness (QED) is 0.756. The van der Waals surface area contributed by atoms with E-state index in [-0.39, 0.29) is 0 Å². The minimum atomic E-state index is 0.485. The monoisotopic (exact) mass is 256 g/mol. The number of H-pyrrole nitrogens is 1. The second-order valence-electron chi connectivity index (χ2n) is 3.96. The fraction of sp³-hybridized carbons (Fsp3) is 0.167. The number of nitrogens with one attached hydrogen (secondary N) is 1. The summed E-state index contributed by atoms with van der Waals surface area (Å²) < 4.78 is 7.10. The van der Waals surface area contributed by atoms with E-state index in [0.29, 0.717) is 18.2 Å². The Bertz CT molecular complexity index is 643. The Morgan fingerprint density at radius 3 is 2.79 bits per heavy atom. The van der Waals surface area contributed by atoms with Gasteiger partial charge in [-0.05, 0) is 22.9 Å². The second kappa shape index (κ2) is 4.89. The number of hydrogen-bond donors (Lipinski definition) is 1. The molecule has 1 aromatic carbocycles. The third-order valence-electron chi connectivity index (χ3n) is 2.77. The molecule has 7 nitrogen and oxygen atoms in total. The third-order valence-corrected chi connectivity index (χ3v) is 2.77. The van der Waals surface area contributed by atoms with Gasteiger partial charge >= 0.3 is 0 Å². The fourth-order valence-corrected chi connectivity index (χ4v) is 1.83. The molecule has 0 aliphatic heterocycles. The van der Waals surface area contributed by atoms with Crippen LogP contribution in [0.4, 0.5) is 0 Å². The van der Waals surface area contributed by atoms with Crippen LogP contribution in [0.5, 0.6) is 5.75 Å². The van der Waals surface area contributed by atoms with Gasteiger partial charge in [-0.1, -0.05) is 12.1 Å². The van der Waals surface area contributed by atoms with Crippen LogP contribution in [-0.2, 0) is 6.54 Å². The molecule has 2 aromatic heterocycles. The normalized spacial score (nSPS) is 10.6. The van der Waals surface area contributed by atoms with Crippen molar-refractivity contribution in [3.05, 3.63) is 42.2 Å². The van der Waals surface area contributed by atoms with E-state index in [9.17, 15) is 0 Å². The summed E-state index contributed by atoms with van der Waals surface area (Å²) in [5.74, 6) is 2.01. The first-order chi connectivity index (χ1) is 9.36. The Balaban J connectivity index is 1.85. The minimum absolute atomic E-state index is 0.485. The molecule has 0 spiro atoms. The molecule has 0 aliphatic carbocycles. The molecule has 0 saturated heterocycles. The van der Waals surface area contributed by atoms with Crippen LogP contribution in [0.1, 0.15) is 5.56 Å². The van der Waals surface area contributed by atoms with E-state index in [1.165, 1.54) is 0 Å². The second-order valence-corrected chi connectivity index (χ2v) is 3.96. The highest BCUT2D eigenvalue weighted by molar-refractivity contribution is 5.42. The number of tetrazole rings is 1. The predicted octanol–water partition coefficient (Wildman–Crippen LogP) is 1.12. The molecule has 0 atom stereocenters. The number of ether oxygens (including phenoxy) is 1. The lowest BCUT2D eigenvalue weighted by Crippen LogP contribution is -2.02. The van der Waals surface area contributed by atoms with Gasteiger partial charge in [0.15, 0.2) is 5.82 Å². The smallest absolute Gasteiger partial charge is 0.240 e. The van der Waals surface area contributed by atoms with Crippen molar-refractivity contribution >= 4 is 0 Å². The summed E-state index contributed by atoms with van der Waals surface area (Å²) in [7, 11) is 1.65. The molecule has 96 valence electrons. The summed E-state index contributed by atoms with van der Waals surface area (Å²) in [6.45, 7) is 0.688. The van der Waals surface area contributed by atoms with Gasteiger partial charge in [0, 0.05) is 18.9 Å². The van der Waals surface area contributed by atoms with Crippen molar-refractivity contribution in [3.8, 4) is 17.4 Å². The Labute approximate surface area is 109 Å². The Hall–Kier alpha value is -2.70. The lowest BCUT2D eigenvalue weighted by Gasteiger charge is -2.06. The molecule has 3 aromatic rings. The third kappa shape index (κ3) is 2.30. The average Bonchev–Trinajstić information content (AvgIpc) is 3.10. The van der Waals surface area contributed by atoms with Crippen molar-refractivity contribution in [1.29, 1.82) is 0 Å². The Kier molecular flexibility index (Phi) is 2.93. The Morgan fingerprint density at radius 1 is 1.26 bits per heavy atom. The molecule has 0 fully saturated rings. The number of hydrogen-bond acceptors (Lipinski definition) is 5. The van der Waals surface area contributed by atoms with Crippen LogP contribution in [0.15, 0.2) is 36.7 Å². The summed E-state index contributed by atoms with van der Waals surface area (Å²) >= 11 is 0. The van der Waals surface area contributed by atoms with Gasteiger partial charge in [-0.3, -0.25) is 0 Å². The van der Waals surface area contributed by atoms with E-state index in [0.717, 1.165) is 11.3 Å². The van der Waals surface area contributed by atoms with Crippen molar-refractivity contribution in [1.82, 2.24) is 30.2 Å². The molecule has 0 amide bonds. The highest BCUT2D eigenvalue weighted by Gasteiger charge is 2.10. The number of aromatic nitrogens is 6. The van der Waals surface area contributed by atoms with Gasteiger partial charge in [-0.25, -0.2) is 4.98 Å². The Morgan fingerprint density at radius 2 is 2.11 bits per heavy atom. The standard InChI is InChI=1S/C12H12N6O/c1-19-10-4-2-9(3-5-10)8-18-7-6-13-12(18)11-14-16-17-15-11/h2-7H,8H2,1H3,(H,14,15,16,17). The summed E-state index contributed by atoms with van der Waals surface area (Å²) in [6.07, 6.45) is 3.60. The lowest BCUT2D eigenvalue weighted by molar-refractivity contribution is 0.414. The molecular formula is C12H12N6O. The maximum atomic E-state index is 5.14. The highest BCUT2D eigenvalue weighted by Crippen LogP contribution is 2.15. The zero-order valence-electron chi connectivity index (χ0n) is 10.3. The van der Waals surface area contributed by atoms with Crippen molar-refractivity contribution in [2.75, 3.05) is 7.11 Å². The maximum absolute atomic E-state index is 5.14. The molecule has 0 bridgehead atoms. The van der Waals surface area contributed by atoms with Crippen LogP contribution in [-0.4, -0.2) is 37.3 Å². The minimum Gasteiger partial charge on any atom is -0.497 e. The molecule has 7 heteroatoms.